The van der Waals surface area contributed by atoms with Crippen molar-refractivity contribution >= 4 is 48.7 Å². The van der Waals surface area contributed by atoms with Gasteiger partial charge in [-0.05, 0) is 53.9 Å². The van der Waals surface area contributed by atoms with E-state index in [2.05, 4.69) is 15.5 Å². The van der Waals surface area contributed by atoms with Gasteiger partial charge in [0.15, 0.2) is 5.75 Å². The summed E-state index contributed by atoms with van der Waals surface area (Å²) in [5.41, 5.74) is 2.67. The second-order valence-corrected chi connectivity index (χ2v) is 8.72. The molecule has 0 amide bonds. The van der Waals surface area contributed by atoms with Crippen LogP contribution in [0.5, 0.6) is 5.75 Å². The Hall–Kier alpha value is -3.49. The van der Waals surface area contributed by atoms with Crippen LogP contribution < -0.4 is 5.32 Å². The topological polar surface area (TPSA) is 111 Å². The molecular weight excluding hydrogens is 414 g/mol. The highest BCUT2D eigenvalue weighted by Gasteiger charge is 2.20. The molecule has 4 aromatic carbocycles. The molecule has 0 fully saturated rings. The summed E-state index contributed by atoms with van der Waals surface area (Å²) in [6, 6.07) is 15.7. The number of aryl methyl sites for hydroxylation is 2. The van der Waals surface area contributed by atoms with E-state index in [1.54, 1.807) is 44.3 Å². The molecule has 4 aromatic rings. The first-order valence-corrected chi connectivity index (χ1v) is 11.0. The zero-order chi connectivity index (χ0) is 22.3. The van der Waals surface area contributed by atoms with Gasteiger partial charge in [0.05, 0.1) is 0 Å². The molecule has 31 heavy (non-hydrogen) atoms. The highest BCUT2D eigenvalue weighted by Crippen LogP contribution is 2.43. The number of hydrogen-bond donors (Lipinski definition) is 3. The smallest absolute Gasteiger partial charge is 0.297 e. The quantitative estimate of drug-likeness (QED) is 0.268. The Labute approximate surface area is 179 Å². The molecule has 4 rings (SSSR count). The van der Waals surface area contributed by atoms with Gasteiger partial charge in [-0.1, -0.05) is 36.4 Å². The van der Waals surface area contributed by atoms with E-state index in [9.17, 15) is 18.1 Å². The zero-order valence-electron chi connectivity index (χ0n) is 17.2. The number of azo groups is 1. The van der Waals surface area contributed by atoms with Gasteiger partial charge in [0.2, 0.25) is 0 Å². The molecule has 0 aliphatic carbocycles. The number of benzene rings is 4. The van der Waals surface area contributed by atoms with E-state index in [0.29, 0.717) is 21.7 Å². The molecule has 8 heteroatoms. The second kappa shape index (κ2) is 7.64. The van der Waals surface area contributed by atoms with Crippen LogP contribution in [0.4, 0.5) is 17.1 Å². The van der Waals surface area contributed by atoms with Gasteiger partial charge in [0, 0.05) is 23.5 Å². The Kier molecular flexibility index (Phi) is 5.12. The van der Waals surface area contributed by atoms with Gasteiger partial charge in [-0.3, -0.25) is 4.55 Å². The molecule has 0 unspecified atom stereocenters. The molecule has 7 nitrogen and oxygen atoms in total. The number of phenols is 1. The van der Waals surface area contributed by atoms with Gasteiger partial charge < -0.3 is 10.4 Å². The third-order valence-corrected chi connectivity index (χ3v) is 6.11. The number of nitrogens with one attached hydrogen (secondary N) is 1. The van der Waals surface area contributed by atoms with Gasteiger partial charge in [-0.25, -0.2) is 0 Å². The average Bonchev–Trinajstić information content (AvgIpc) is 2.71. The predicted molar refractivity (Wildman–Crippen MR) is 123 cm³/mol. The fraction of sp³-hybridized carbons (Fsp3) is 0.130. The molecule has 0 saturated heterocycles. The summed E-state index contributed by atoms with van der Waals surface area (Å²) in [6.07, 6.45) is 0. The standard InChI is InChI=1S/C23H21N3O4S/c1-13-10-16-12-14(2)21(22(27)20(16)19(11-13)24-3)26-25-18-9-8-15-6-4-5-7-17(15)23(18)31(28,29)30/h4-12,24,27H,1-3H3,(H,28,29,30). The molecule has 0 aromatic heterocycles. The summed E-state index contributed by atoms with van der Waals surface area (Å²) in [5.74, 6) is -0.0581. The molecule has 0 atom stereocenters. The number of aromatic hydroxyl groups is 1. The molecular formula is C23H21N3O4S. The van der Waals surface area contributed by atoms with E-state index in [-0.39, 0.29) is 22.0 Å². The Morgan fingerprint density at radius 3 is 2.39 bits per heavy atom. The third kappa shape index (κ3) is 3.71. The van der Waals surface area contributed by atoms with Crippen LogP contribution in [0.3, 0.4) is 0 Å². The SMILES string of the molecule is CNc1cc(C)cc2cc(C)c(N=Nc3ccc4ccccc4c3S(=O)(=O)O)c(O)c12. The first-order chi connectivity index (χ1) is 14.7. The monoisotopic (exact) mass is 435 g/mol. The van der Waals surface area contributed by atoms with Crippen LogP contribution in [0.1, 0.15) is 11.1 Å². The predicted octanol–water partition coefficient (Wildman–Crippen LogP) is 6.02. The van der Waals surface area contributed by atoms with Crippen molar-refractivity contribution in [1.29, 1.82) is 0 Å². The first-order valence-electron chi connectivity index (χ1n) is 9.56. The van der Waals surface area contributed by atoms with Gasteiger partial charge in [-0.15, -0.1) is 10.2 Å². The van der Waals surface area contributed by atoms with Crippen LogP contribution >= 0.6 is 0 Å². The lowest BCUT2D eigenvalue weighted by molar-refractivity contribution is 0.482. The summed E-state index contributed by atoms with van der Waals surface area (Å²) in [4.78, 5) is -0.321. The number of phenolic OH excluding ortho intramolecular Hbond substituents is 1. The summed E-state index contributed by atoms with van der Waals surface area (Å²) in [6.45, 7) is 3.76. The number of fused-ring (bicyclic) bond motifs is 2. The van der Waals surface area contributed by atoms with Crippen molar-refractivity contribution in [2.75, 3.05) is 12.4 Å². The highest BCUT2D eigenvalue weighted by atomic mass is 32.2. The fourth-order valence-corrected chi connectivity index (χ4v) is 4.64. The molecule has 0 aliphatic heterocycles. The van der Waals surface area contributed by atoms with E-state index in [1.807, 2.05) is 25.1 Å². The molecule has 0 heterocycles. The Balaban J connectivity index is 1.94. The average molecular weight is 436 g/mol. The number of rotatable bonds is 4. The summed E-state index contributed by atoms with van der Waals surface area (Å²) in [5, 5.41) is 24.7. The van der Waals surface area contributed by atoms with Crippen LogP contribution in [0, 0.1) is 13.8 Å². The maximum absolute atomic E-state index is 12.1. The maximum Gasteiger partial charge on any atom is 0.297 e. The van der Waals surface area contributed by atoms with Crippen molar-refractivity contribution in [3.05, 3.63) is 65.7 Å². The third-order valence-electron chi connectivity index (χ3n) is 5.16. The van der Waals surface area contributed by atoms with E-state index >= 15 is 0 Å². The largest absolute Gasteiger partial charge is 0.505 e. The van der Waals surface area contributed by atoms with E-state index < -0.39 is 10.1 Å². The lowest BCUT2D eigenvalue weighted by Crippen LogP contribution is -1.99. The van der Waals surface area contributed by atoms with Crippen molar-refractivity contribution in [3.63, 3.8) is 0 Å². The van der Waals surface area contributed by atoms with Crippen molar-refractivity contribution in [1.82, 2.24) is 0 Å². The van der Waals surface area contributed by atoms with Crippen LogP contribution in [-0.2, 0) is 10.1 Å². The van der Waals surface area contributed by atoms with E-state index in [0.717, 1.165) is 16.6 Å². The summed E-state index contributed by atoms with van der Waals surface area (Å²) < 4.78 is 34.0. The molecule has 0 bridgehead atoms. The second-order valence-electron chi connectivity index (χ2n) is 7.36. The molecule has 0 aliphatic rings. The lowest BCUT2D eigenvalue weighted by atomic mass is 10.0. The maximum atomic E-state index is 12.1. The Morgan fingerprint density at radius 1 is 0.935 bits per heavy atom. The molecule has 0 saturated carbocycles. The van der Waals surface area contributed by atoms with Gasteiger partial charge >= 0.3 is 0 Å². The van der Waals surface area contributed by atoms with Crippen LogP contribution in [-0.4, -0.2) is 25.1 Å². The number of hydrogen-bond acceptors (Lipinski definition) is 6. The minimum Gasteiger partial charge on any atom is -0.505 e. The lowest BCUT2D eigenvalue weighted by Gasteiger charge is -2.13. The van der Waals surface area contributed by atoms with E-state index in [1.165, 1.54) is 6.07 Å². The van der Waals surface area contributed by atoms with E-state index in [4.69, 9.17) is 0 Å². The molecule has 3 N–H and O–H groups in total. The first kappa shape index (κ1) is 20.8. The van der Waals surface area contributed by atoms with Crippen LogP contribution in [0.25, 0.3) is 21.5 Å². The van der Waals surface area contributed by atoms with Gasteiger partial charge in [0.1, 0.15) is 16.3 Å². The summed E-state index contributed by atoms with van der Waals surface area (Å²) in [7, 11) is -2.80. The molecule has 0 spiro atoms. The molecule has 158 valence electrons. The zero-order valence-corrected chi connectivity index (χ0v) is 18.0. The minimum atomic E-state index is -4.56. The normalized spacial score (nSPS) is 12.1. The van der Waals surface area contributed by atoms with Crippen molar-refractivity contribution in [2.45, 2.75) is 18.7 Å². The fourth-order valence-electron chi connectivity index (χ4n) is 3.81. The van der Waals surface area contributed by atoms with Crippen molar-refractivity contribution < 1.29 is 18.1 Å². The van der Waals surface area contributed by atoms with Crippen molar-refractivity contribution in [2.24, 2.45) is 10.2 Å². The van der Waals surface area contributed by atoms with Gasteiger partial charge in [-0.2, -0.15) is 8.42 Å². The minimum absolute atomic E-state index is 0.0159. The highest BCUT2D eigenvalue weighted by molar-refractivity contribution is 7.86. The Morgan fingerprint density at radius 2 is 1.68 bits per heavy atom. The van der Waals surface area contributed by atoms with Gasteiger partial charge in [0.25, 0.3) is 10.1 Å². The van der Waals surface area contributed by atoms with Crippen molar-refractivity contribution in [3.8, 4) is 5.75 Å². The number of anilines is 1. The molecule has 0 radical (unpaired) electrons. The Bertz CT molecular complexity index is 1480. The van der Waals surface area contributed by atoms with Crippen LogP contribution in [0.2, 0.25) is 0 Å². The summed E-state index contributed by atoms with van der Waals surface area (Å²) >= 11 is 0. The number of nitrogens with zero attached hydrogens (tertiary/aromatic N) is 2. The van der Waals surface area contributed by atoms with Crippen LogP contribution in [0.15, 0.2) is 69.7 Å².